The average Bonchev–Trinajstić information content (AvgIpc) is 2.99. The van der Waals surface area contributed by atoms with Gasteiger partial charge in [0.05, 0.1) is 6.10 Å². The first-order valence-corrected chi connectivity index (χ1v) is 11.5. The van der Waals surface area contributed by atoms with Gasteiger partial charge >= 0.3 is 0 Å². The predicted molar refractivity (Wildman–Crippen MR) is 114 cm³/mol. The maximum Gasteiger partial charge on any atom is 0.190 e. The molecule has 0 bridgehead atoms. The first kappa shape index (κ1) is 22.6. The molecule has 6 heteroatoms. The van der Waals surface area contributed by atoms with Crippen molar-refractivity contribution in [1.29, 1.82) is 0 Å². The lowest BCUT2D eigenvalue weighted by atomic mass is 9.43. The zero-order chi connectivity index (χ0) is 22.9. The van der Waals surface area contributed by atoms with Gasteiger partial charge in [0.15, 0.2) is 17.3 Å². The third-order valence-electron chi connectivity index (χ3n) is 9.40. The van der Waals surface area contributed by atoms with Crippen molar-refractivity contribution in [3.63, 3.8) is 0 Å². The molecule has 4 aliphatic carbocycles. The van der Waals surface area contributed by atoms with Crippen LogP contribution in [0.4, 0.5) is 0 Å². The fourth-order valence-electron chi connectivity index (χ4n) is 8.01. The van der Waals surface area contributed by atoms with Crippen LogP contribution in [0.25, 0.3) is 0 Å². The van der Waals surface area contributed by atoms with E-state index in [1.54, 1.807) is 13.0 Å². The summed E-state index contributed by atoms with van der Waals surface area (Å²) in [5.74, 6) is -1.08. The molecule has 6 nitrogen and oxygen atoms in total. The van der Waals surface area contributed by atoms with Gasteiger partial charge in [0.25, 0.3) is 0 Å². The minimum Gasteiger partial charge on any atom is -0.393 e. The quantitative estimate of drug-likeness (QED) is 0.630. The van der Waals surface area contributed by atoms with Crippen molar-refractivity contribution in [3.8, 4) is 0 Å². The minimum atomic E-state index is -1.65. The average molecular weight is 431 g/mol. The maximum atomic E-state index is 12.9. The fraction of sp³-hybridized carbons (Fsp3) is 0.720. The van der Waals surface area contributed by atoms with E-state index in [0.29, 0.717) is 12.0 Å². The van der Waals surface area contributed by atoms with Crippen LogP contribution in [0.3, 0.4) is 0 Å². The van der Waals surface area contributed by atoms with Crippen LogP contribution in [0.1, 0.15) is 59.8 Å². The monoisotopic (exact) mass is 430 g/mol. The number of Topliss-reactive ketones (excluding diaryl/α,β-unsaturated/α-hetero) is 2. The molecule has 0 aromatic carbocycles. The fourth-order valence-corrected chi connectivity index (χ4v) is 8.01. The molecule has 3 saturated carbocycles. The number of hydrogen-bond acceptors (Lipinski definition) is 6. The van der Waals surface area contributed by atoms with Crippen LogP contribution in [0.15, 0.2) is 23.3 Å². The SMILES string of the molecule is CCC(=O)C1=CC(=O)C=C2[C@@H](C)C[C@@H]3[C@H](C(O)C[C@@]4(C)[C@H]3CC[C@@]4(O)C(=O)CO)[C@@]12C. The normalized spacial score (nSPS) is 46.4. The summed E-state index contributed by atoms with van der Waals surface area (Å²) in [6.07, 6.45) is 4.40. The van der Waals surface area contributed by atoms with Crippen LogP contribution in [0, 0.1) is 34.5 Å². The Morgan fingerprint density at radius 3 is 2.52 bits per heavy atom. The van der Waals surface area contributed by atoms with Gasteiger partial charge in [-0.3, -0.25) is 14.4 Å². The second kappa shape index (κ2) is 7.19. The standard InChI is InChI=1S/C25H34O6/c1-5-19(28)18-10-14(27)9-17-13(2)8-15-16-6-7-25(31,21(30)12-26)23(16,3)11-20(29)22(15)24(17,18)4/h9-10,13,15-16,20,22,26,29,31H,5-8,11-12H2,1-4H3/t13-,15-,16-,20?,22+,23-,24+,25+/m0/s1. The summed E-state index contributed by atoms with van der Waals surface area (Å²) in [6, 6.07) is 0. The first-order chi connectivity index (χ1) is 14.5. The van der Waals surface area contributed by atoms with Crippen LogP contribution in [0.5, 0.6) is 0 Å². The molecule has 0 radical (unpaired) electrons. The highest BCUT2D eigenvalue weighted by Crippen LogP contribution is 2.68. The molecule has 3 fully saturated rings. The van der Waals surface area contributed by atoms with Gasteiger partial charge in [0.1, 0.15) is 12.2 Å². The summed E-state index contributed by atoms with van der Waals surface area (Å²) in [7, 11) is 0. The molecule has 1 unspecified atom stereocenters. The van der Waals surface area contributed by atoms with E-state index < -0.39 is 34.9 Å². The summed E-state index contributed by atoms with van der Waals surface area (Å²) >= 11 is 0. The zero-order valence-corrected chi connectivity index (χ0v) is 18.9. The molecule has 31 heavy (non-hydrogen) atoms. The van der Waals surface area contributed by atoms with Crippen molar-refractivity contribution in [3.05, 3.63) is 23.3 Å². The summed E-state index contributed by atoms with van der Waals surface area (Å²) in [5, 5.41) is 32.3. The summed E-state index contributed by atoms with van der Waals surface area (Å²) in [5.41, 5.74) is -1.83. The lowest BCUT2D eigenvalue weighted by Crippen LogP contribution is -2.63. The predicted octanol–water partition coefficient (Wildman–Crippen LogP) is 2.15. The summed E-state index contributed by atoms with van der Waals surface area (Å²) in [6.45, 7) is 6.98. The first-order valence-electron chi connectivity index (χ1n) is 11.5. The van der Waals surface area contributed by atoms with Crippen LogP contribution in [0.2, 0.25) is 0 Å². The Hall–Kier alpha value is -1.63. The maximum absolute atomic E-state index is 12.9. The van der Waals surface area contributed by atoms with Gasteiger partial charge in [-0.15, -0.1) is 0 Å². The van der Waals surface area contributed by atoms with E-state index in [1.807, 2.05) is 13.8 Å². The molecule has 0 saturated heterocycles. The number of rotatable bonds is 4. The molecule has 4 aliphatic rings. The van der Waals surface area contributed by atoms with Crippen molar-refractivity contribution in [1.82, 2.24) is 0 Å². The lowest BCUT2D eigenvalue weighted by molar-refractivity contribution is -0.181. The van der Waals surface area contributed by atoms with Crippen LogP contribution >= 0.6 is 0 Å². The zero-order valence-electron chi connectivity index (χ0n) is 18.9. The number of aliphatic hydroxyl groups excluding tert-OH is 2. The van der Waals surface area contributed by atoms with Gasteiger partial charge in [-0.1, -0.05) is 33.3 Å². The third-order valence-corrected chi connectivity index (χ3v) is 9.40. The van der Waals surface area contributed by atoms with E-state index in [9.17, 15) is 29.7 Å². The third kappa shape index (κ3) is 2.77. The minimum absolute atomic E-state index is 0.00678. The molecule has 4 rings (SSSR count). The van der Waals surface area contributed by atoms with Gasteiger partial charge in [0.2, 0.25) is 0 Å². The Labute approximate surface area is 183 Å². The van der Waals surface area contributed by atoms with Gasteiger partial charge in [0, 0.05) is 28.7 Å². The van der Waals surface area contributed by atoms with Crippen LogP contribution < -0.4 is 0 Å². The molecule has 0 aromatic rings. The van der Waals surface area contributed by atoms with Gasteiger partial charge in [-0.25, -0.2) is 0 Å². The largest absolute Gasteiger partial charge is 0.393 e. The van der Waals surface area contributed by atoms with Crippen molar-refractivity contribution >= 4 is 17.3 Å². The Kier molecular flexibility index (Phi) is 5.23. The number of allylic oxidation sites excluding steroid dienone is 4. The van der Waals surface area contributed by atoms with Gasteiger partial charge in [-0.2, -0.15) is 0 Å². The van der Waals surface area contributed by atoms with E-state index in [4.69, 9.17) is 0 Å². The van der Waals surface area contributed by atoms with Crippen molar-refractivity contribution < 1.29 is 29.7 Å². The number of aliphatic hydroxyl groups is 3. The second-order valence-electron chi connectivity index (χ2n) is 10.6. The smallest absolute Gasteiger partial charge is 0.190 e. The van der Waals surface area contributed by atoms with Crippen LogP contribution in [-0.2, 0) is 14.4 Å². The van der Waals surface area contributed by atoms with E-state index in [1.165, 1.54) is 6.08 Å². The highest BCUT2D eigenvalue weighted by atomic mass is 16.3. The number of carbonyl (C=O) groups is 3. The highest BCUT2D eigenvalue weighted by molar-refractivity contribution is 6.10. The second-order valence-corrected chi connectivity index (χ2v) is 10.6. The van der Waals surface area contributed by atoms with Gasteiger partial charge in [-0.05, 0) is 55.6 Å². The van der Waals surface area contributed by atoms with E-state index in [-0.39, 0.29) is 54.5 Å². The number of hydrogen-bond donors (Lipinski definition) is 3. The molecule has 3 N–H and O–H groups in total. The number of ketones is 3. The van der Waals surface area contributed by atoms with Crippen LogP contribution in [-0.4, -0.2) is 51.0 Å². The Morgan fingerprint density at radius 1 is 1.23 bits per heavy atom. The molecule has 0 aromatic heterocycles. The molecule has 0 amide bonds. The molecule has 8 atom stereocenters. The Morgan fingerprint density at radius 2 is 1.90 bits per heavy atom. The Bertz CT molecular complexity index is 902. The van der Waals surface area contributed by atoms with E-state index in [2.05, 4.69) is 6.92 Å². The molecule has 0 spiro atoms. The molecule has 0 aliphatic heterocycles. The van der Waals surface area contributed by atoms with E-state index >= 15 is 0 Å². The molecule has 170 valence electrons. The summed E-state index contributed by atoms with van der Waals surface area (Å²) < 4.78 is 0. The van der Waals surface area contributed by atoms with Gasteiger partial charge < -0.3 is 15.3 Å². The summed E-state index contributed by atoms with van der Waals surface area (Å²) in [4.78, 5) is 37.9. The van der Waals surface area contributed by atoms with Crippen molar-refractivity contribution in [2.45, 2.75) is 71.5 Å². The molecule has 0 heterocycles. The lowest BCUT2D eigenvalue weighted by Gasteiger charge is -2.61. The number of fused-ring (bicyclic) bond motifs is 5. The highest BCUT2D eigenvalue weighted by Gasteiger charge is 2.69. The number of carbonyl (C=O) groups excluding carboxylic acids is 3. The van der Waals surface area contributed by atoms with Crippen molar-refractivity contribution in [2.24, 2.45) is 34.5 Å². The topological polar surface area (TPSA) is 112 Å². The Balaban J connectivity index is 1.84. The molecular weight excluding hydrogens is 396 g/mol. The molecular formula is C25H34O6. The van der Waals surface area contributed by atoms with E-state index in [0.717, 1.165) is 12.0 Å². The van der Waals surface area contributed by atoms with Crippen molar-refractivity contribution in [2.75, 3.05) is 6.61 Å².